The molecule has 1 aliphatic heterocycles. The normalized spacial score (nSPS) is 12.0. The molecule has 1 N–H and O–H groups in total. The highest BCUT2D eigenvalue weighted by molar-refractivity contribution is 7.18. The van der Waals surface area contributed by atoms with Gasteiger partial charge in [0.25, 0.3) is 11.8 Å². The van der Waals surface area contributed by atoms with Crippen LogP contribution in [0.1, 0.15) is 63.6 Å². The number of amides is 2. The number of thiophene rings is 1. The fraction of sp³-hybridized carbons (Fsp3) is 0.290. The number of hydrogen-bond donors (Lipinski definition) is 1. The number of ether oxygens (including phenoxy) is 3. The van der Waals surface area contributed by atoms with Gasteiger partial charge in [0.05, 0.1) is 33.3 Å². The number of pyridine rings is 1. The van der Waals surface area contributed by atoms with Gasteiger partial charge in [-0.1, -0.05) is 18.2 Å². The summed E-state index contributed by atoms with van der Waals surface area (Å²) in [5, 5.41) is 3.83. The molecule has 0 aliphatic carbocycles. The average Bonchev–Trinajstić information content (AvgIpc) is 3.56. The Morgan fingerprint density at radius 3 is 2.51 bits per heavy atom. The number of esters is 1. The number of anilines is 1. The van der Waals surface area contributed by atoms with Crippen molar-refractivity contribution < 1.29 is 28.6 Å². The van der Waals surface area contributed by atoms with Gasteiger partial charge >= 0.3 is 5.97 Å². The number of benzene rings is 2. The number of carbonyl (C=O) groups is 3. The maximum atomic E-state index is 13.9. The molecule has 0 unspecified atom stereocenters. The molecule has 212 valence electrons. The van der Waals surface area contributed by atoms with E-state index in [0.717, 1.165) is 16.9 Å². The van der Waals surface area contributed by atoms with Crippen molar-refractivity contribution >= 4 is 45.0 Å². The third kappa shape index (κ3) is 5.47. The highest BCUT2D eigenvalue weighted by atomic mass is 32.1. The second-order valence-corrected chi connectivity index (χ2v) is 10.8. The first-order valence-corrected chi connectivity index (χ1v) is 14.3. The first kappa shape index (κ1) is 28.1. The van der Waals surface area contributed by atoms with Crippen LogP contribution in [0.4, 0.5) is 5.00 Å². The molecule has 2 aromatic carbocycles. The Morgan fingerprint density at radius 1 is 1.05 bits per heavy atom. The van der Waals surface area contributed by atoms with E-state index in [1.165, 1.54) is 0 Å². The molecule has 5 rings (SSSR count). The molecular formula is C31H31N3O6S. The van der Waals surface area contributed by atoms with E-state index in [1.807, 2.05) is 56.3 Å². The first-order chi connectivity index (χ1) is 19.7. The van der Waals surface area contributed by atoms with Crippen LogP contribution in [0.5, 0.6) is 11.5 Å². The van der Waals surface area contributed by atoms with Gasteiger partial charge in [-0.15, -0.1) is 11.3 Å². The Labute approximate surface area is 242 Å². The third-order valence-electron chi connectivity index (χ3n) is 6.79. The van der Waals surface area contributed by atoms with Crippen LogP contribution in [0.15, 0.2) is 48.5 Å². The van der Waals surface area contributed by atoms with Crippen molar-refractivity contribution in [3.63, 3.8) is 0 Å². The van der Waals surface area contributed by atoms with Gasteiger partial charge < -0.3 is 24.4 Å². The summed E-state index contributed by atoms with van der Waals surface area (Å²) in [5.41, 5.74) is 3.00. The standard InChI is InChI=1S/C31H31N3O6S/c1-6-34(7-2)30(36)27-18(5)26(31(37)40-17(3)4)29(41-27)33-28(35)21-15-23(32-22-11-9-8-10-20(21)22)19-12-13-24-25(14-19)39-16-38-24/h8-15,17H,6-7,16H2,1-5H3,(H,33,35). The molecule has 0 bridgehead atoms. The molecule has 0 saturated heterocycles. The van der Waals surface area contributed by atoms with Crippen molar-refractivity contribution in [3.05, 3.63) is 70.1 Å². The van der Waals surface area contributed by atoms with Gasteiger partial charge in [0, 0.05) is 24.0 Å². The number of para-hydroxylation sites is 1. The number of hydrogen-bond acceptors (Lipinski definition) is 8. The number of nitrogens with zero attached hydrogens (tertiary/aromatic N) is 2. The van der Waals surface area contributed by atoms with Crippen molar-refractivity contribution in [3.8, 4) is 22.8 Å². The molecule has 0 spiro atoms. The molecule has 9 nitrogen and oxygen atoms in total. The molecule has 1 aliphatic rings. The number of fused-ring (bicyclic) bond motifs is 2. The highest BCUT2D eigenvalue weighted by Gasteiger charge is 2.29. The van der Waals surface area contributed by atoms with Crippen molar-refractivity contribution in [2.45, 2.75) is 40.7 Å². The van der Waals surface area contributed by atoms with Crippen LogP contribution in [-0.4, -0.2) is 53.7 Å². The summed E-state index contributed by atoms with van der Waals surface area (Å²) in [6, 6.07) is 14.6. The Balaban J connectivity index is 1.58. The van der Waals surface area contributed by atoms with Crippen LogP contribution >= 0.6 is 11.3 Å². The zero-order valence-electron chi connectivity index (χ0n) is 23.6. The summed E-state index contributed by atoms with van der Waals surface area (Å²) >= 11 is 1.08. The molecule has 0 atom stereocenters. The third-order valence-corrected chi connectivity index (χ3v) is 7.99. The summed E-state index contributed by atoms with van der Waals surface area (Å²) in [6.07, 6.45) is -0.374. The predicted octanol–water partition coefficient (Wildman–Crippen LogP) is 6.30. The Hall–Kier alpha value is -4.44. The second-order valence-electron chi connectivity index (χ2n) is 9.79. The van der Waals surface area contributed by atoms with Crippen molar-refractivity contribution in [1.82, 2.24) is 9.88 Å². The van der Waals surface area contributed by atoms with E-state index in [0.29, 0.717) is 57.2 Å². The lowest BCUT2D eigenvalue weighted by atomic mass is 10.0. The quantitative estimate of drug-likeness (QED) is 0.247. The lowest BCUT2D eigenvalue weighted by Gasteiger charge is -2.18. The van der Waals surface area contributed by atoms with Crippen LogP contribution < -0.4 is 14.8 Å². The molecule has 4 aromatic rings. The lowest BCUT2D eigenvalue weighted by Crippen LogP contribution is -2.30. The molecule has 0 saturated carbocycles. The number of rotatable bonds is 8. The zero-order valence-corrected chi connectivity index (χ0v) is 24.4. The Morgan fingerprint density at radius 2 is 1.78 bits per heavy atom. The summed E-state index contributed by atoms with van der Waals surface area (Å²) < 4.78 is 16.5. The van der Waals surface area contributed by atoms with E-state index in [1.54, 1.807) is 31.7 Å². The van der Waals surface area contributed by atoms with Crippen LogP contribution in [-0.2, 0) is 4.74 Å². The molecule has 2 amide bonds. The Bertz CT molecular complexity index is 1660. The van der Waals surface area contributed by atoms with Gasteiger partial charge in [0.15, 0.2) is 11.5 Å². The van der Waals surface area contributed by atoms with E-state index in [4.69, 9.17) is 19.2 Å². The number of carbonyl (C=O) groups excluding carboxylic acids is 3. The summed E-state index contributed by atoms with van der Waals surface area (Å²) in [4.78, 5) is 47.2. The van der Waals surface area contributed by atoms with Crippen molar-refractivity contribution in [2.75, 3.05) is 25.2 Å². The monoisotopic (exact) mass is 573 g/mol. The van der Waals surface area contributed by atoms with Crippen LogP contribution in [0.3, 0.4) is 0 Å². The van der Waals surface area contributed by atoms with E-state index in [-0.39, 0.29) is 29.4 Å². The average molecular weight is 574 g/mol. The maximum Gasteiger partial charge on any atom is 0.341 e. The molecule has 2 aromatic heterocycles. The first-order valence-electron chi connectivity index (χ1n) is 13.5. The van der Waals surface area contributed by atoms with E-state index in [2.05, 4.69) is 5.32 Å². The van der Waals surface area contributed by atoms with E-state index in [9.17, 15) is 14.4 Å². The summed E-state index contributed by atoms with van der Waals surface area (Å²) in [6.45, 7) is 10.2. The maximum absolute atomic E-state index is 13.9. The van der Waals surface area contributed by atoms with E-state index >= 15 is 0 Å². The SMILES string of the molecule is CCN(CC)C(=O)c1sc(NC(=O)c2cc(-c3ccc4c(c3)OCO4)nc3ccccc23)c(C(=O)OC(C)C)c1C. The van der Waals surface area contributed by atoms with Gasteiger partial charge in [-0.3, -0.25) is 9.59 Å². The topological polar surface area (TPSA) is 107 Å². The van der Waals surface area contributed by atoms with Gasteiger partial charge in [-0.2, -0.15) is 0 Å². The largest absolute Gasteiger partial charge is 0.459 e. The molecule has 0 radical (unpaired) electrons. The van der Waals surface area contributed by atoms with E-state index < -0.39 is 11.9 Å². The van der Waals surface area contributed by atoms with Crippen molar-refractivity contribution in [2.24, 2.45) is 0 Å². The number of nitrogens with one attached hydrogen (secondary N) is 1. The predicted molar refractivity (Wildman–Crippen MR) is 158 cm³/mol. The molecular weight excluding hydrogens is 542 g/mol. The van der Waals surface area contributed by atoms with Crippen LogP contribution in [0.2, 0.25) is 0 Å². The van der Waals surface area contributed by atoms with Gasteiger partial charge in [-0.25, -0.2) is 9.78 Å². The lowest BCUT2D eigenvalue weighted by molar-refractivity contribution is 0.0379. The highest BCUT2D eigenvalue weighted by Crippen LogP contribution is 2.38. The molecule has 10 heteroatoms. The number of aromatic nitrogens is 1. The van der Waals surface area contributed by atoms with Gasteiger partial charge in [0.2, 0.25) is 6.79 Å². The van der Waals surface area contributed by atoms with Gasteiger partial charge in [0.1, 0.15) is 5.00 Å². The van der Waals surface area contributed by atoms with Crippen LogP contribution in [0.25, 0.3) is 22.2 Å². The van der Waals surface area contributed by atoms with Crippen molar-refractivity contribution in [1.29, 1.82) is 0 Å². The second kappa shape index (κ2) is 11.6. The molecule has 3 heterocycles. The smallest absolute Gasteiger partial charge is 0.341 e. The minimum atomic E-state index is -0.594. The van der Waals surface area contributed by atoms with Crippen LogP contribution in [0, 0.1) is 6.92 Å². The van der Waals surface area contributed by atoms with Gasteiger partial charge in [-0.05, 0) is 70.5 Å². The minimum absolute atomic E-state index is 0.151. The summed E-state index contributed by atoms with van der Waals surface area (Å²) in [5.74, 6) is 0.0271. The fourth-order valence-electron chi connectivity index (χ4n) is 4.72. The Kier molecular flexibility index (Phi) is 7.94. The fourth-order valence-corrected chi connectivity index (χ4v) is 5.87. The molecule has 0 fully saturated rings. The minimum Gasteiger partial charge on any atom is -0.459 e. The zero-order chi connectivity index (χ0) is 29.3. The summed E-state index contributed by atoms with van der Waals surface area (Å²) in [7, 11) is 0. The molecule has 41 heavy (non-hydrogen) atoms.